The lowest BCUT2D eigenvalue weighted by Gasteiger charge is -2.06. The van der Waals surface area contributed by atoms with Gasteiger partial charge >= 0.3 is 5.97 Å². The van der Waals surface area contributed by atoms with Crippen LogP contribution in [-0.2, 0) is 20.7 Å². The highest BCUT2D eigenvalue weighted by Gasteiger charge is 2.11. The Hall–Kier alpha value is -2.68. The van der Waals surface area contributed by atoms with Crippen LogP contribution in [0.1, 0.15) is 17.9 Å². The van der Waals surface area contributed by atoms with E-state index in [1.807, 2.05) is 43.3 Å². The van der Waals surface area contributed by atoms with Crippen molar-refractivity contribution >= 4 is 40.2 Å². The minimum Gasteiger partial charge on any atom is -0.456 e. The molecule has 1 N–H and O–H groups in total. The highest BCUT2D eigenvalue weighted by molar-refractivity contribution is 14.1. The van der Waals surface area contributed by atoms with Crippen LogP contribution in [0.5, 0.6) is 0 Å². The summed E-state index contributed by atoms with van der Waals surface area (Å²) in [4.78, 5) is 27.9. The van der Waals surface area contributed by atoms with Gasteiger partial charge in [0.05, 0.1) is 12.6 Å². The smallest absolute Gasteiger partial charge is 0.306 e. The van der Waals surface area contributed by atoms with E-state index in [9.17, 15) is 9.59 Å². The third-order valence-corrected chi connectivity index (χ3v) is 4.64. The number of amides is 1. The van der Waals surface area contributed by atoms with Gasteiger partial charge in [0.15, 0.2) is 18.3 Å². The zero-order valence-corrected chi connectivity index (χ0v) is 17.4. The number of hydrogen-bond acceptors (Lipinski definition) is 5. The number of aromatic nitrogens is 1. The van der Waals surface area contributed by atoms with Gasteiger partial charge in [-0.1, -0.05) is 29.8 Å². The summed E-state index contributed by atoms with van der Waals surface area (Å²) in [7, 11) is 0. The lowest BCUT2D eigenvalue weighted by Crippen LogP contribution is -2.21. The monoisotopic (exact) mass is 490 g/mol. The summed E-state index contributed by atoms with van der Waals surface area (Å²) in [5.41, 5.74) is 2.75. The molecule has 0 fully saturated rings. The van der Waals surface area contributed by atoms with Gasteiger partial charge in [0.2, 0.25) is 0 Å². The van der Waals surface area contributed by atoms with Gasteiger partial charge in [-0.3, -0.25) is 9.59 Å². The van der Waals surface area contributed by atoms with Crippen LogP contribution in [0.25, 0.3) is 11.3 Å². The maximum atomic E-state index is 11.9. The number of rotatable bonds is 7. The fourth-order valence-electron chi connectivity index (χ4n) is 2.43. The summed E-state index contributed by atoms with van der Waals surface area (Å²) in [6.45, 7) is 1.69. The molecule has 0 aliphatic carbocycles. The molecule has 0 unspecified atom stereocenters. The van der Waals surface area contributed by atoms with Crippen LogP contribution >= 0.6 is 22.6 Å². The van der Waals surface area contributed by atoms with Crippen LogP contribution in [-0.4, -0.2) is 23.5 Å². The molecule has 28 heavy (non-hydrogen) atoms. The largest absolute Gasteiger partial charge is 0.456 e. The number of oxazole rings is 1. The first kappa shape index (κ1) is 20.1. The van der Waals surface area contributed by atoms with E-state index in [-0.39, 0.29) is 18.9 Å². The zero-order chi connectivity index (χ0) is 19.9. The number of halogens is 1. The van der Waals surface area contributed by atoms with E-state index in [0.29, 0.717) is 23.8 Å². The molecule has 1 aromatic heterocycles. The van der Waals surface area contributed by atoms with Crippen molar-refractivity contribution in [3.8, 4) is 11.3 Å². The van der Waals surface area contributed by atoms with Crippen LogP contribution < -0.4 is 5.32 Å². The fourth-order valence-corrected chi connectivity index (χ4v) is 2.79. The Kier molecular flexibility index (Phi) is 6.80. The van der Waals surface area contributed by atoms with E-state index < -0.39 is 5.97 Å². The maximum Gasteiger partial charge on any atom is 0.306 e. The number of nitrogens with zero attached hydrogens (tertiary/aromatic N) is 1. The van der Waals surface area contributed by atoms with Crippen LogP contribution in [0.4, 0.5) is 5.69 Å². The minimum absolute atomic E-state index is 0.0880. The van der Waals surface area contributed by atoms with Gasteiger partial charge in [0.1, 0.15) is 0 Å². The molecular formula is C21H19IN2O4. The SMILES string of the molecule is Cc1ccc(-c2cnc(CCC(=O)OCC(=O)Nc3ccc(I)cc3)o2)cc1. The first-order valence-electron chi connectivity index (χ1n) is 8.72. The predicted molar refractivity (Wildman–Crippen MR) is 114 cm³/mol. The molecule has 0 aliphatic rings. The molecular weight excluding hydrogens is 471 g/mol. The fraction of sp³-hybridized carbons (Fsp3) is 0.190. The molecule has 7 heteroatoms. The molecule has 6 nitrogen and oxygen atoms in total. The molecule has 0 bridgehead atoms. The molecule has 0 spiro atoms. The van der Waals surface area contributed by atoms with E-state index in [2.05, 4.69) is 32.9 Å². The molecule has 1 heterocycles. The lowest BCUT2D eigenvalue weighted by atomic mass is 10.1. The quantitative estimate of drug-likeness (QED) is 0.393. The molecule has 144 valence electrons. The number of anilines is 1. The number of hydrogen-bond donors (Lipinski definition) is 1. The number of benzene rings is 2. The Morgan fingerprint density at radius 3 is 2.54 bits per heavy atom. The summed E-state index contributed by atoms with van der Waals surface area (Å²) >= 11 is 2.18. The van der Waals surface area contributed by atoms with Gasteiger partial charge in [-0.05, 0) is 53.8 Å². The summed E-state index contributed by atoms with van der Waals surface area (Å²) < 4.78 is 11.7. The van der Waals surface area contributed by atoms with Crippen LogP contribution in [0, 0.1) is 10.5 Å². The van der Waals surface area contributed by atoms with Crippen molar-refractivity contribution in [2.75, 3.05) is 11.9 Å². The molecule has 2 aromatic carbocycles. The number of ether oxygens (including phenoxy) is 1. The van der Waals surface area contributed by atoms with Crippen LogP contribution in [0.2, 0.25) is 0 Å². The van der Waals surface area contributed by atoms with E-state index in [1.54, 1.807) is 18.3 Å². The summed E-state index contributed by atoms with van der Waals surface area (Å²) in [5.74, 6) is 0.247. The van der Waals surface area contributed by atoms with Gasteiger partial charge in [0.25, 0.3) is 5.91 Å². The average molecular weight is 490 g/mol. The highest BCUT2D eigenvalue weighted by atomic mass is 127. The minimum atomic E-state index is -0.479. The normalized spacial score (nSPS) is 10.5. The number of esters is 1. The van der Waals surface area contributed by atoms with E-state index in [0.717, 1.165) is 14.7 Å². The third kappa shape index (κ3) is 5.91. The molecule has 3 rings (SSSR count). The van der Waals surface area contributed by atoms with Crippen LogP contribution in [0.3, 0.4) is 0 Å². The average Bonchev–Trinajstić information content (AvgIpc) is 3.16. The number of nitrogens with one attached hydrogen (secondary N) is 1. The molecule has 0 aliphatic heterocycles. The van der Waals surface area contributed by atoms with Gasteiger partial charge in [0, 0.05) is 21.2 Å². The number of carbonyl (C=O) groups is 2. The number of carbonyl (C=O) groups excluding carboxylic acids is 2. The molecule has 0 saturated carbocycles. The number of aryl methyl sites for hydroxylation is 2. The van der Waals surface area contributed by atoms with Gasteiger partial charge in [-0.25, -0.2) is 4.98 Å². The highest BCUT2D eigenvalue weighted by Crippen LogP contribution is 2.21. The van der Waals surface area contributed by atoms with Crippen molar-refractivity contribution in [3.05, 3.63) is 69.8 Å². The van der Waals surface area contributed by atoms with Gasteiger partial charge in [-0.2, -0.15) is 0 Å². The second-order valence-corrected chi connectivity index (χ2v) is 7.45. The predicted octanol–water partition coefficient (Wildman–Crippen LogP) is 4.37. The van der Waals surface area contributed by atoms with Crippen molar-refractivity contribution in [2.24, 2.45) is 0 Å². The molecule has 0 radical (unpaired) electrons. The van der Waals surface area contributed by atoms with E-state index in [4.69, 9.17) is 9.15 Å². The van der Waals surface area contributed by atoms with Crippen molar-refractivity contribution in [3.63, 3.8) is 0 Å². The molecule has 3 aromatic rings. The summed E-state index contributed by atoms with van der Waals surface area (Å²) in [6, 6.07) is 15.2. The van der Waals surface area contributed by atoms with Crippen molar-refractivity contribution < 1.29 is 18.7 Å². The Balaban J connectivity index is 1.42. The van der Waals surface area contributed by atoms with Gasteiger partial charge in [-0.15, -0.1) is 0 Å². The second kappa shape index (κ2) is 9.50. The Morgan fingerprint density at radius 1 is 1.11 bits per heavy atom. The first-order chi connectivity index (χ1) is 13.5. The Morgan fingerprint density at radius 2 is 1.82 bits per heavy atom. The Bertz CT molecular complexity index is 949. The Labute approximate surface area is 176 Å². The molecule has 1 amide bonds. The second-order valence-electron chi connectivity index (χ2n) is 6.20. The standard InChI is InChI=1S/C21H19IN2O4/c1-14-2-4-15(5-3-14)18-12-23-20(28-18)10-11-21(26)27-13-19(25)24-17-8-6-16(22)7-9-17/h2-9,12H,10-11,13H2,1H3,(H,24,25). The van der Waals surface area contributed by atoms with E-state index in [1.165, 1.54) is 0 Å². The summed E-state index contributed by atoms with van der Waals surface area (Å²) in [5, 5.41) is 2.67. The van der Waals surface area contributed by atoms with Crippen molar-refractivity contribution in [1.82, 2.24) is 4.98 Å². The summed E-state index contributed by atoms with van der Waals surface area (Å²) in [6.07, 6.45) is 2.04. The third-order valence-electron chi connectivity index (χ3n) is 3.92. The van der Waals surface area contributed by atoms with Crippen molar-refractivity contribution in [2.45, 2.75) is 19.8 Å². The molecule has 0 saturated heterocycles. The molecule has 0 atom stereocenters. The van der Waals surface area contributed by atoms with Gasteiger partial charge < -0.3 is 14.5 Å². The maximum absolute atomic E-state index is 11.9. The van der Waals surface area contributed by atoms with E-state index >= 15 is 0 Å². The first-order valence-corrected chi connectivity index (χ1v) is 9.80. The van der Waals surface area contributed by atoms with Crippen LogP contribution in [0.15, 0.2) is 59.1 Å². The zero-order valence-electron chi connectivity index (χ0n) is 15.3. The topological polar surface area (TPSA) is 81.4 Å². The van der Waals surface area contributed by atoms with Crippen molar-refractivity contribution in [1.29, 1.82) is 0 Å². The lowest BCUT2D eigenvalue weighted by molar-refractivity contribution is -0.147.